The topological polar surface area (TPSA) is 46.5 Å². The van der Waals surface area contributed by atoms with Gasteiger partial charge in [-0.3, -0.25) is 9.28 Å². The molecule has 1 aliphatic carbocycles. The fourth-order valence-corrected chi connectivity index (χ4v) is 4.59. The lowest BCUT2D eigenvalue weighted by Gasteiger charge is -2.46. The Hall–Kier alpha value is -1.39. The molecule has 1 saturated heterocycles. The van der Waals surface area contributed by atoms with Crippen LogP contribution in [0.3, 0.4) is 0 Å². The van der Waals surface area contributed by atoms with E-state index in [9.17, 15) is 9.90 Å². The molecule has 23 heavy (non-hydrogen) atoms. The zero-order chi connectivity index (χ0) is 16.5. The highest BCUT2D eigenvalue weighted by atomic mass is 16.6. The molecular formula is C19H28NO3+. The molecule has 2 unspecified atom stereocenters. The number of carbonyl (C=O) groups excluding carboxylic acids is 1. The van der Waals surface area contributed by atoms with Gasteiger partial charge in [0.2, 0.25) is 0 Å². The van der Waals surface area contributed by atoms with E-state index in [-0.39, 0.29) is 18.3 Å². The van der Waals surface area contributed by atoms with Gasteiger partial charge in [0.25, 0.3) is 5.72 Å². The predicted octanol–water partition coefficient (Wildman–Crippen LogP) is 2.50. The summed E-state index contributed by atoms with van der Waals surface area (Å²) in [5.41, 5.74) is 0.180. The number of nitrogens with zero attached hydrogens (tertiary/aromatic N) is 1. The van der Waals surface area contributed by atoms with Crippen molar-refractivity contribution in [2.75, 3.05) is 20.6 Å². The monoisotopic (exact) mass is 318 g/mol. The Bertz CT molecular complexity index is 551. The maximum Gasteiger partial charge on any atom is 0.315 e. The van der Waals surface area contributed by atoms with Gasteiger partial charge in [0, 0.05) is 6.42 Å². The van der Waals surface area contributed by atoms with Crippen molar-refractivity contribution in [1.82, 2.24) is 0 Å². The number of ether oxygens (including phenoxy) is 1. The Labute approximate surface area is 138 Å². The van der Waals surface area contributed by atoms with Crippen molar-refractivity contribution in [2.45, 2.75) is 50.4 Å². The summed E-state index contributed by atoms with van der Waals surface area (Å²) < 4.78 is 6.67. The van der Waals surface area contributed by atoms with E-state index in [1.165, 1.54) is 0 Å². The summed E-state index contributed by atoms with van der Waals surface area (Å²) in [5.74, 6) is 0.0324. The zero-order valence-corrected chi connectivity index (χ0v) is 14.2. The molecule has 0 amide bonds. The van der Waals surface area contributed by atoms with Crippen LogP contribution in [0.25, 0.3) is 0 Å². The summed E-state index contributed by atoms with van der Waals surface area (Å²) in [6.07, 6.45) is 4.80. The minimum absolute atomic E-state index is 0.227. The van der Waals surface area contributed by atoms with Gasteiger partial charge in [-0.1, -0.05) is 43.2 Å². The third-order valence-corrected chi connectivity index (χ3v) is 5.79. The van der Waals surface area contributed by atoms with Crippen molar-refractivity contribution in [2.24, 2.45) is 5.92 Å². The quantitative estimate of drug-likeness (QED) is 0.685. The van der Waals surface area contributed by atoms with E-state index in [1.807, 2.05) is 30.3 Å². The third kappa shape index (κ3) is 2.90. The van der Waals surface area contributed by atoms with Gasteiger partial charge in [-0.2, -0.15) is 0 Å². The van der Waals surface area contributed by atoms with Gasteiger partial charge >= 0.3 is 5.97 Å². The molecule has 4 nitrogen and oxygen atoms in total. The molecule has 1 heterocycles. The first-order valence-electron chi connectivity index (χ1n) is 8.72. The second kappa shape index (κ2) is 6.25. The molecule has 1 aromatic carbocycles. The number of aliphatic hydroxyl groups excluding tert-OH is 1. The van der Waals surface area contributed by atoms with Crippen LogP contribution in [0.15, 0.2) is 30.3 Å². The minimum Gasteiger partial charge on any atom is -0.406 e. The second-order valence-electron chi connectivity index (χ2n) is 7.58. The van der Waals surface area contributed by atoms with Crippen molar-refractivity contribution in [3.8, 4) is 0 Å². The SMILES string of the molecule is C[N+]1(C)CCC(O)C1(OC(=O)Cc1ccccc1)C1CCCC1. The molecule has 0 spiro atoms. The Morgan fingerprint density at radius 1 is 1.22 bits per heavy atom. The van der Waals surface area contributed by atoms with E-state index in [0.717, 1.165) is 37.8 Å². The molecule has 3 rings (SSSR count). The van der Waals surface area contributed by atoms with E-state index in [2.05, 4.69) is 14.1 Å². The van der Waals surface area contributed by atoms with Crippen LogP contribution >= 0.6 is 0 Å². The fourth-order valence-electron chi connectivity index (χ4n) is 4.59. The minimum atomic E-state index is -0.775. The van der Waals surface area contributed by atoms with E-state index in [0.29, 0.717) is 10.9 Å². The number of rotatable bonds is 4. The number of quaternary nitrogens is 1. The number of esters is 1. The maximum atomic E-state index is 12.6. The van der Waals surface area contributed by atoms with Gasteiger partial charge in [0.05, 0.1) is 33.0 Å². The van der Waals surface area contributed by atoms with Crippen molar-refractivity contribution in [1.29, 1.82) is 0 Å². The van der Waals surface area contributed by atoms with Crippen molar-refractivity contribution in [3.05, 3.63) is 35.9 Å². The van der Waals surface area contributed by atoms with Crippen LogP contribution in [0, 0.1) is 5.92 Å². The molecule has 126 valence electrons. The smallest absolute Gasteiger partial charge is 0.315 e. The molecule has 1 aliphatic heterocycles. The van der Waals surface area contributed by atoms with Crippen molar-refractivity contribution >= 4 is 5.97 Å². The Balaban J connectivity index is 1.83. The molecule has 2 aliphatic rings. The zero-order valence-electron chi connectivity index (χ0n) is 14.2. The second-order valence-corrected chi connectivity index (χ2v) is 7.58. The third-order valence-electron chi connectivity index (χ3n) is 5.79. The molecule has 2 atom stereocenters. The van der Waals surface area contributed by atoms with Gasteiger partial charge in [-0.15, -0.1) is 0 Å². The lowest BCUT2D eigenvalue weighted by atomic mass is 9.88. The fraction of sp³-hybridized carbons (Fsp3) is 0.632. The number of aliphatic hydroxyl groups is 1. The van der Waals surface area contributed by atoms with E-state index in [1.54, 1.807) is 0 Å². The average Bonchev–Trinajstić information content (AvgIpc) is 3.11. The van der Waals surface area contributed by atoms with E-state index in [4.69, 9.17) is 4.74 Å². The lowest BCUT2D eigenvalue weighted by molar-refractivity contribution is -0.958. The molecular weight excluding hydrogens is 290 g/mol. The number of likely N-dealkylation sites (N-methyl/N-ethyl adjacent to an activating group) is 1. The molecule has 0 aromatic heterocycles. The first-order chi connectivity index (χ1) is 11.0. The van der Waals surface area contributed by atoms with Crippen molar-refractivity contribution in [3.63, 3.8) is 0 Å². The van der Waals surface area contributed by atoms with Gasteiger partial charge in [-0.05, 0) is 18.4 Å². The van der Waals surface area contributed by atoms with Crippen LogP contribution in [0.4, 0.5) is 0 Å². The number of hydrogen-bond acceptors (Lipinski definition) is 3. The molecule has 0 radical (unpaired) electrons. The highest BCUT2D eigenvalue weighted by molar-refractivity contribution is 5.73. The van der Waals surface area contributed by atoms with Gasteiger partial charge < -0.3 is 9.84 Å². The summed E-state index contributed by atoms with van der Waals surface area (Å²) in [7, 11) is 4.18. The summed E-state index contributed by atoms with van der Waals surface area (Å²) in [5, 5.41) is 10.8. The lowest BCUT2D eigenvalue weighted by Crippen LogP contribution is -2.65. The van der Waals surface area contributed by atoms with E-state index < -0.39 is 11.8 Å². The van der Waals surface area contributed by atoms with Gasteiger partial charge in [-0.25, -0.2) is 0 Å². The van der Waals surface area contributed by atoms with Crippen LogP contribution in [0.2, 0.25) is 0 Å². The van der Waals surface area contributed by atoms with Crippen molar-refractivity contribution < 1.29 is 19.1 Å². The molecule has 4 heteroatoms. The number of hydrogen-bond donors (Lipinski definition) is 1. The van der Waals surface area contributed by atoms with E-state index >= 15 is 0 Å². The summed E-state index contributed by atoms with van der Waals surface area (Å²) in [6, 6.07) is 9.68. The highest BCUT2D eigenvalue weighted by Gasteiger charge is 2.64. The van der Waals surface area contributed by atoms with Crippen LogP contribution in [0.5, 0.6) is 0 Å². The molecule has 0 bridgehead atoms. The van der Waals surface area contributed by atoms with Crippen LogP contribution < -0.4 is 0 Å². The molecule has 1 N–H and O–H groups in total. The van der Waals surface area contributed by atoms with Crippen LogP contribution in [0.1, 0.15) is 37.7 Å². The molecule has 1 aromatic rings. The largest absolute Gasteiger partial charge is 0.406 e. The number of benzene rings is 1. The summed E-state index contributed by atoms with van der Waals surface area (Å²) >= 11 is 0. The Morgan fingerprint density at radius 3 is 2.43 bits per heavy atom. The molecule has 1 saturated carbocycles. The number of likely N-dealkylation sites (tertiary alicyclic amines) is 1. The Morgan fingerprint density at radius 2 is 1.87 bits per heavy atom. The maximum absolute atomic E-state index is 12.6. The first kappa shape index (κ1) is 16.5. The highest BCUT2D eigenvalue weighted by Crippen LogP contribution is 2.47. The Kier molecular flexibility index (Phi) is 4.47. The van der Waals surface area contributed by atoms with Gasteiger partial charge in [0.15, 0.2) is 6.10 Å². The normalized spacial score (nSPS) is 30.5. The predicted molar refractivity (Wildman–Crippen MR) is 88.5 cm³/mol. The summed E-state index contributed by atoms with van der Waals surface area (Å²) in [4.78, 5) is 12.6. The molecule has 2 fully saturated rings. The van der Waals surface area contributed by atoms with Crippen LogP contribution in [-0.2, 0) is 16.0 Å². The van der Waals surface area contributed by atoms with Crippen LogP contribution in [-0.4, -0.2) is 48.0 Å². The van der Waals surface area contributed by atoms with Gasteiger partial charge in [0.1, 0.15) is 0 Å². The number of carbonyl (C=O) groups is 1. The summed E-state index contributed by atoms with van der Waals surface area (Å²) in [6.45, 7) is 0.844. The first-order valence-corrected chi connectivity index (χ1v) is 8.72. The standard InChI is InChI=1S/C19H28NO3/c1-20(2)13-12-17(21)19(20,16-10-6-7-11-16)23-18(22)14-15-8-4-3-5-9-15/h3-5,8-9,16-17,21H,6-7,10-14H2,1-2H3/q+1. The average molecular weight is 318 g/mol.